The fraction of sp³-hybridized carbons (Fsp3) is 0.300. The van der Waals surface area contributed by atoms with E-state index in [1.54, 1.807) is 0 Å². The van der Waals surface area contributed by atoms with Crippen molar-refractivity contribution < 1.29 is 4.74 Å². The molecule has 0 radical (unpaired) electrons. The molecule has 0 saturated heterocycles. The number of rotatable bonds is 3. The van der Waals surface area contributed by atoms with Crippen LogP contribution in [0.2, 0.25) is 0 Å². The zero-order chi connectivity index (χ0) is 15.9. The van der Waals surface area contributed by atoms with Gasteiger partial charge in [-0.3, -0.25) is 0 Å². The first-order valence-corrected chi connectivity index (χ1v) is 7.66. The molecule has 2 aromatic rings. The van der Waals surface area contributed by atoms with Gasteiger partial charge >= 0.3 is 0 Å². The minimum Gasteiger partial charge on any atom is -0.489 e. The first kappa shape index (κ1) is 14.7. The van der Waals surface area contributed by atoms with Gasteiger partial charge in [-0.1, -0.05) is 50.8 Å². The molecule has 0 spiro atoms. The molecule has 0 aromatic heterocycles. The maximum absolute atomic E-state index is 6.04. The number of anilines is 1. The van der Waals surface area contributed by atoms with Crippen LogP contribution in [0, 0.1) is 6.92 Å². The Kier molecular flexibility index (Phi) is 3.48. The molecule has 0 atom stereocenters. The van der Waals surface area contributed by atoms with E-state index in [2.05, 4.69) is 63.6 Å². The van der Waals surface area contributed by atoms with E-state index in [0.717, 1.165) is 11.4 Å². The van der Waals surface area contributed by atoms with E-state index in [0.29, 0.717) is 6.61 Å². The third-order valence-electron chi connectivity index (χ3n) is 4.69. The van der Waals surface area contributed by atoms with Crippen LogP contribution in [0.4, 0.5) is 5.69 Å². The average Bonchev–Trinajstić information content (AvgIpc) is 2.67. The number of benzene rings is 2. The number of ether oxygens (including phenoxy) is 1. The van der Waals surface area contributed by atoms with Crippen LogP contribution in [0.3, 0.4) is 0 Å². The predicted octanol–water partition coefficient (Wildman–Crippen LogP) is 4.82. The molecule has 0 aliphatic carbocycles. The number of hydrogen-bond donors (Lipinski definition) is 0. The van der Waals surface area contributed by atoms with Crippen molar-refractivity contribution in [3.63, 3.8) is 0 Å². The minimum absolute atomic E-state index is 0.0210. The smallest absolute Gasteiger partial charge is 0.124 e. The van der Waals surface area contributed by atoms with E-state index in [1.807, 2.05) is 18.2 Å². The molecule has 3 rings (SSSR count). The molecule has 0 N–H and O–H groups in total. The summed E-state index contributed by atoms with van der Waals surface area (Å²) in [6, 6.07) is 14.6. The van der Waals surface area contributed by atoms with Gasteiger partial charge in [-0.05, 0) is 29.7 Å². The second-order valence-corrected chi connectivity index (χ2v) is 6.54. The Bertz CT molecular complexity index is 716. The zero-order valence-corrected chi connectivity index (χ0v) is 13.8. The maximum atomic E-state index is 6.04. The number of allylic oxidation sites excluding steroid dienone is 1. The average molecular weight is 293 g/mol. The predicted molar refractivity (Wildman–Crippen MR) is 92.5 cm³/mol. The van der Waals surface area contributed by atoms with Crippen LogP contribution in [0.25, 0.3) is 0 Å². The number of nitrogens with zero attached hydrogens (tertiary/aromatic N) is 1. The standard InChI is InChI=1S/C20H23NO/c1-14-11-17-18(21(5)15(2)20(17,3)4)12-19(14)22-13-16-9-7-6-8-10-16/h6-12H,2,13H2,1,3-5H3. The van der Waals surface area contributed by atoms with Crippen LogP contribution in [0.1, 0.15) is 30.5 Å². The van der Waals surface area contributed by atoms with Gasteiger partial charge in [0.05, 0.1) is 0 Å². The highest BCUT2D eigenvalue weighted by Crippen LogP contribution is 2.48. The summed E-state index contributed by atoms with van der Waals surface area (Å²) >= 11 is 0. The summed E-state index contributed by atoms with van der Waals surface area (Å²) in [5.41, 5.74) is 5.98. The quantitative estimate of drug-likeness (QED) is 0.805. The summed E-state index contributed by atoms with van der Waals surface area (Å²) < 4.78 is 6.04. The van der Waals surface area contributed by atoms with Gasteiger partial charge in [0, 0.05) is 29.9 Å². The molecule has 0 amide bonds. The molecule has 114 valence electrons. The molecule has 2 heteroatoms. The Hall–Kier alpha value is -2.22. The van der Waals surface area contributed by atoms with E-state index in [-0.39, 0.29) is 5.41 Å². The molecule has 2 nitrogen and oxygen atoms in total. The van der Waals surface area contributed by atoms with E-state index < -0.39 is 0 Å². The normalized spacial score (nSPS) is 15.8. The molecule has 1 aliphatic heterocycles. The molecule has 1 aliphatic rings. The number of likely N-dealkylation sites (N-methyl/N-ethyl adjacent to an activating group) is 1. The fourth-order valence-corrected chi connectivity index (χ4v) is 3.07. The van der Waals surface area contributed by atoms with Crippen LogP contribution in [-0.2, 0) is 12.0 Å². The molecule has 0 bridgehead atoms. The summed E-state index contributed by atoms with van der Waals surface area (Å²) in [6.07, 6.45) is 0. The largest absolute Gasteiger partial charge is 0.489 e. The van der Waals surface area contributed by atoms with Crippen molar-refractivity contribution in [2.45, 2.75) is 32.8 Å². The van der Waals surface area contributed by atoms with Crippen molar-refractivity contribution in [3.8, 4) is 5.75 Å². The minimum atomic E-state index is -0.0210. The van der Waals surface area contributed by atoms with Crippen LogP contribution >= 0.6 is 0 Å². The SMILES string of the molecule is C=C1N(C)c2cc(OCc3ccccc3)c(C)cc2C1(C)C. The van der Waals surface area contributed by atoms with E-state index >= 15 is 0 Å². The lowest BCUT2D eigenvalue weighted by Gasteiger charge is -2.22. The van der Waals surface area contributed by atoms with Gasteiger partial charge in [-0.2, -0.15) is 0 Å². The van der Waals surface area contributed by atoms with Crippen molar-refractivity contribution in [2.24, 2.45) is 0 Å². The lowest BCUT2D eigenvalue weighted by Crippen LogP contribution is -2.21. The van der Waals surface area contributed by atoms with Gasteiger partial charge in [-0.15, -0.1) is 0 Å². The molecule has 2 aromatic carbocycles. The van der Waals surface area contributed by atoms with Gasteiger partial charge in [0.1, 0.15) is 12.4 Å². The summed E-state index contributed by atoms with van der Waals surface area (Å²) in [6.45, 7) is 11.4. The Morgan fingerprint density at radius 1 is 1.14 bits per heavy atom. The van der Waals surface area contributed by atoms with Gasteiger partial charge < -0.3 is 9.64 Å². The molecule has 22 heavy (non-hydrogen) atoms. The Labute approximate surface area is 133 Å². The molecule has 0 unspecified atom stereocenters. The highest BCUT2D eigenvalue weighted by atomic mass is 16.5. The molecule has 0 fully saturated rings. The third kappa shape index (κ3) is 2.29. The van der Waals surface area contributed by atoms with Crippen LogP contribution < -0.4 is 9.64 Å². The monoisotopic (exact) mass is 293 g/mol. The number of aryl methyl sites for hydroxylation is 1. The Morgan fingerprint density at radius 3 is 2.50 bits per heavy atom. The van der Waals surface area contributed by atoms with Gasteiger partial charge in [-0.25, -0.2) is 0 Å². The maximum Gasteiger partial charge on any atom is 0.124 e. The van der Waals surface area contributed by atoms with Gasteiger partial charge in [0.25, 0.3) is 0 Å². The third-order valence-corrected chi connectivity index (χ3v) is 4.69. The Balaban J connectivity index is 1.91. The number of hydrogen-bond acceptors (Lipinski definition) is 2. The summed E-state index contributed by atoms with van der Waals surface area (Å²) in [5, 5.41) is 0. The van der Waals surface area contributed by atoms with Crippen LogP contribution in [-0.4, -0.2) is 7.05 Å². The second kappa shape index (κ2) is 5.20. The summed E-state index contributed by atoms with van der Waals surface area (Å²) in [5.74, 6) is 0.944. The van der Waals surface area contributed by atoms with Crippen LogP contribution in [0.5, 0.6) is 5.75 Å². The second-order valence-electron chi connectivity index (χ2n) is 6.54. The first-order chi connectivity index (χ1) is 10.4. The first-order valence-electron chi connectivity index (χ1n) is 7.66. The van der Waals surface area contributed by atoms with Crippen molar-refractivity contribution in [2.75, 3.05) is 11.9 Å². The highest BCUT2D eigenvalue weighted by molar-refractivity contribution is 5.72. The van der Waals surface area contributed by atoms with Gasteiger partial charge in [0.15, 0.2) is 0 Å². The van der Waals surface area contributed by atoms with E-state index in [1.165, 1.54) is 22.4 Å². The van der Waals surface area contributed by atoms with Gasteiger partial charge in [0.2, 0.25) is 0 Å². The van der Waals surface area contributed by atoms with E-state index in [9.17, 15) is 0 Å². The lowest BCUT2D eigenvalue weighted by molar-refractivity contribution is 0.304. The van der Waals surface area contributed by atoms with E-state index in [4.69, 9.17) is 4.74 Å². The van der Waals surface area contributed by atoms with Crippen LogP contribution in [0.15, 0.2) is 54.7 Å². The van der Waals surface area contributed by atoms with Crippen molar-refractivity contribution in [1.82, 2.24) is 0 Å². The van der Waals surface area contributed by atoms with Crippen molar-refractivity contribution >= 4 is 5.69 Å². The fourth-order valence-electron chi connectivity index (χ4n) is 3.07. The molecule has 1 heterocycles. The number of fused-ring (bicyclic) bond motifs is 1. The lowest BCUT2D eigenvalue weighted by atomic mass is 9.84. The topological polar surface area (TPSA) is 12.5 Å². The zero-order valence-electron chi connectivity index (χ0n) is 13.8. The highest BCUT2D eigenvalue weighted by Gasteiger charge is 2.37. The van der Waals surface area contributed by atoms with Crippen molar-refractivity contribution in [1.29, 1.82) is 0 Å². The molecular formula is C20H23NO. The molecule has 0 saturated carbocycles. The molecular weight excluding hydrogens is 270 g/mol. The van der Waals surface area contributed by atoms with Crippen molar-refractivity contribution in [3.05, 3.63) is 71.4 Å². The summed E-state index contributed by atoms with van der Waals surface area (Å²) in [4.78, 5) is 2.17. The Morgan fingerprint density at radius 2 is 1.82 bits per heavy atom. The summed E-state index contributed by atoms with van der Waals surface area (Å²) in [7, 11) is 2.08.